The molecular formula is C48H80O18. The third-order valence-corrected chi connectivity index (χ3v) is 19.4. The van der Waals surface area contributed by atoms with Gasteiger partial charge in [-0.2, -0.15) is 0 Å². The van der Waals surface area contributed by atoms with Crippen LogP contribution in [0.15, 0.2) is 11.6 Å². The Kier molecular flexibility index (Phi) is 14.0. The quantitative estimate of drug-likeness (QED) is 0.106. The summed E-state index contributed by atoms with van der Waals surface area (Å²) in [5.74, 6) is -0.0359. The smallest absolute Gasteiger partial charge is 0.187 e. The van der Waals surface area contributed by atoms with Crippen LogP contribution in [0.4, 0.5) is 0 Å². The minimum atomic E-state index is -1.81. The van der Waals surface area contributed by atoms with Gasteiger partial charge in [-0.25, -0.2) is 0 Å². The lowest BCUT2D eigenvalue weighted by molar-refractivity contribution is -0.393. The summed E-state index contributed by atoms with van der Waals surface area (Å²) >= 11 is 0. The molecule has 0 radical (unpaired) electrons. The molecular weight excluding hydrogens is 865 g/mol. The van der Waals surface area contributed by atoms with Gasteiger partial charge in [0.15, 0.2) is 18.9 Å². The maximum absolute atomic E-state index is 12.2. The Labute approximate surface area is 388 Å². The van der Waals surface area contributed by atoms with E-state index in [2.05, 4.69) is 54.5 Å². The molecule has 0 aromatic heterocycles. The number of rotatable bonds is 9. The van der Waals surface area contributed by atoms with Crippen LogP contribution in [0.2, 0.25) is 0 Å². The van der Waals surface area contributed by atoms with Crippen molar-refractivity contribution in [2.45, 2.75) is 211 Å². The van der Waals surface area contributed by atoms with Crippen molar-refractivity contribution in [3.8, 4) is 0 Å². The summed E-state index contributed by atoms with van der Waals surface area (Å²) in [5, 5.41) is 121. The van der Waals surface area contributed by atoms with Gasteiger partial charge in [0.1, 0.15) is 61.0 Å². The molecule has 0 aromatic carbocycles. The van der Waals surface area contributed by atoms with Crippen LogP contribution in [0.3, 0.4) is 0 Å². The molecule has 3 heterocycles. The monoisotopic (exact) mass is 945 g/mol. The zero-order chi connectivity index (χ0) is 48.4. The number of aliphatic hydroxyl groups excluding tert-OH is 11. The molecule has 8 aliphatic rings. The molecule has 0 spiro atoms. The van der Waals surface area contributed by atoms with Gasteiger partial charge in [0.25, 0.3) is 0 Å². The summed E-state index contributed by atoms with van der Waals surface area (Å²) in [6.07, 6.45) is -17.0. The maximum Gasteiger partial charge on any atom is 0.187 e. The first-order valence-electron chi connectivity index (χ1n) is 24.3. The van der Waals surface area contributed by atoms with E-state index in [1.807, 2.05) is 0 Å². The topological polar surface area (TPSA) is 287 Å². The number of ether oxygens (including phenoxy) is 7. The van der Waals surface area contributed by atoms with Crippen molar-refractivity contribution in [3.63, 3.8) is 0 Å². The van der Waals surface area contributed by atoms with Crippen molar-refractivity contribution in [2.75, 3.05) is 26.9 Å². The van der Waals surface area contributed by atoms with Crippen LogP contribution in [0.5, 0.6) is 0 Å². The number of hydrogen-bond acceptors (Lipinski definition) is 18. The van der Waals surface area contributed by atoms with Crippen LogP contribution in [-0.4, -0.2) is 194 Å². The van der Waals surface area contributed by atoms with Crippen molar-refractivity contribution in [2.24, 2.45) is 50.2 Å². The van der Waals surface area contributed by atoms with Gasteiger partial charge in [0.2, 0.25) is 0 Å². The molecule has 4 saturated carbocycles. The molecule has 0 aromatic rings. The fraction of sp³-hybridized carbons (Fsp3) is 0.958. The standard InChI is InChI=1S/C48H80O18/c1-21-31(54)34(57)37(66-42-38(35(58)33(56)26(18-49)63-42)65-40-36(59)32(55)24(51)19-61-40)41(62-21)64-30-11-12-45(6)27(44(30,4)5)10-13-46(7)39(45)25(60-9)14-22-23-15-43(2,3)28(52)17-48(23,20-50)29(53)16-47(22,46)8/h14,21,23-42,49-59H,10-13,15-20H2,1-9H3/t21-,23+,24-,25+,26-,27+,28-,29-,30+,31+,32+,33-,34+,35+,36-,37-,38-,39-,40+,41+,42+,45+,46-,47-,48-/m1/s1. The highest BCUT2D eigenvalue weighted by molar-refractivity contribution is 5.37. The summed E-state index contributed by atoms with van der Waals surface area (Å²) in [6.45, 7) is 15.7. The summed E-state index contributed by atoms with van der Waals surface area (Å²) in [7, 11) is 1.76. The van der Waals surface area contributed by atoms with Crippen LogP contribution in [0.25, 0.3) is 0 Å². The zero-order valence-corrected chi connectivity index (χ0v) is 40.0. The minimum absolute atomic E-state index is 0.0235. The predicted molar refractivity (Wildman–Crippen MR) is 232 cm³/mol. The van der Waals surface area contributed by atoms with Gasteiger partial charge in [-0.05, 0) is 90.8 Å². The highest BCUT2D eigenvalue weighted by atomic mass is 16.8. The molecule has 0 amide bonds. The number of allylic oxidation sites excluding steroid dienone is 1. The Balaban J connectivity index is 1.07. The average molecular weight is 945 g/mol. The van der Waals surface area contributed by atoms with Gasteiger partial charge in [-0.3, -0.25) is 0 Å². The van der Waals surface area contributed by atoms with Gasteiger partial charge in [0, 0.05) is 18.4 Å². The predicted octanol–water partition coefficient (Wildman–Crippen LogP) is -0.153. The van der Waals surface area contributed by atoms with Crippen molar-refractivity contribution in [3.05, 3.63) is 11.6 Å². The van der Waals surface area contributed by atoms with E-state index in [1.165, 1.54) is 5.57 Å². The van der Waals surface area contributed by atoms with Crippen LogP contribution < -0.4 is 0 Å². The number of aliphatic hydroxyl groups is 11. The first-order valence-corrected chi connectivity index (χ1v) is 24.3. The van der Waals surface area contributed by atoms with E-state index < -0.39 is 139 Å². The van der Waals surface area contributed by atoms with Gasteiger partial charge in [-0.15, -0.1) is 0 Å². The third kappa shape index (κ3) is 7.74. The number of methoxy groups -OCH3 is 1. The second-order valence-corrected chi connectivity index (χ2v) is 23.6. The SMILES string of the molecule is CO[C@H]1C=C2[C@@H]3CC(C)(C)[C@H](O)C[C@]3(CO)[C@H](O)C[C@@]2(C)[C@]2(C)CC[C@H]3C(C)(C)[C@@H](O[C@@H]4O[C@H](C)[C@H](O)[C@H](O)[C@H]4O[C@@H]4O[C@H](CO)[C@@H](O)[C@H](O)[C@H]4O[C@@H]4OC[C@@H](O)[C@H](O)[C@H]4O)CC[C@]3(C)[C@@H]12. The van der Waals surface area contributed by atoms with E-state index in [0.717, 1.165) is 19.3 Å². The van der Waals surface area contributed by atoms with Crippen molar-refractivity contribution < 1.29 is 89.3 Å². The molecule has 8 rings (SSSR count). The van der Waals surface area contributed by atoms with E-state index in [0.29, 0.717) is 25.7 Å². The molecule has 66 heavy (non-hydrogen) atoms. The molecule has 11 N–H and O–H groups in total. The van der Waals surface area contributed by atoms with E-state index in [1.54, 1.807) is 14.0 Å². The zero-order valence-electron chi connectivity index (χ0n) is 40.0. The summed E-state index contributed by atoms with van der Waals surface area (Å²) in [6, 6.07) is 0. The second kappa shape index (κ2) is 17.9. The number of fused-ring (bicyclic) bond motifs is 7. The minimum Gasteiger partial charge on any atom is -0.396 e. The lowest BCUT2D eigenvalue weighted by Crippen LogP contribution is -2.70. The molecule has 5 aliphatic carbocycles. The van der Waals surface area contributed by atoms with Crippen LogP contribution in [0, 0.1) is 50.2 Å². The summed E-state index contributed by atoms with van der Waals surface area (Å²) in [5.41, 5.74) is -1.62. The summed E-state index contributed by atoms with van der Waals surface area (Å²) < 4.78 is 43.3. The first kappa shape index (κ1) is 51.4. The van der Waals surface area contributed by atoms with Crippen molar-refractivity contribution >= 4 is 0 Å². The fourth-order valence-electron chi connectivity index (χ4n) is 15.1. The van der Waals surface area contributed by atoms with Gasteiger partial charge >= 0.3 is 0 Å². The Morgan fingerprint density at radius 2 is 1.32 bits per heavy atom. The Hall–Kier alpha value is -0.980. The maximum atomic E-state index is 12.2. The molecule has 18 heteroatoms. The average Bonchev–Trinajstić information content (AvgIpc) is 3.25. The van der Waals surface area contributed by atoms with E-state index in [-0.39, 0.29) is 41.3 Å². The van der Waals surface area contributed by atoms with E-state index >= 15 is 0 Å². The highest BCUT2D eigenvalue weighted by Gasteiger charge is 2.72. The second-order valence-electron chi connectivity index (χ2n) is 23.6. The lowest BCUT2D eigenvalue weighted by Gasteiger charge is -2.73. The molecule has 3 aliphatic heterocycles. The van der Waals surface area contributed by atoms with Gasteiger partial charge in [0.05, 0.1) is 50.3 Å². The normalized spacial score (nSPS) is 55.7. The summed E-state index contributed by atoms with van der Waals surface area (Å²) in [4.78, 5) is 0. The van der Waals surface area contributed by atoms with Crippen LogP contribution in [0.1, 0.15) is 100 Å². The molecule has 0 unspecified atom stereocenters. The third-order valence-electron chi connectivity index (χ3n) is 19.4. The fourth-order valence-corrected chi connectivity index (χ4v) is 15.1. The molecule has 0 bridgehead atoms. The highest BCUT2D eigenvalue weighted by Crippen LogP contribution is 2.76. The first-order chi connectivity index (χ1) is 30.8. The molecule has 7 fully saturated rings. The van der Waals surface area contributed by atoms with E-state index in [4.69, 9.17) is 33.2 Å². The molecule has 25 atom stereocenters. The molecule has 380 valence electrons. The Morgan fingerprint density at radius 3 is 1.95 bits per heavy atom. The Bertz CT molecular complexity index is 1770. The van der Waals surface area contributed by atoms with E-state index in [9.17, 15) is 56.2 Å². The van der Waals surface area contributed by atoms with Gasteiger partial charge in [-0.1, -0.05) is 60.1 Å². The van der Waals surface area contributed by atoms with Crippen molar-refractivity contribution in [1.29, 1.82) is 0 Å². The van der Waals surface area contributed by atoms with Crippen LogP contribution >= 0.6 is 0 Å². The number of hydrogen-bond donors (Lipinski definition) is 11. The van der Waals surface area contributed by atoms with Crippen molar-refractivity contribution in [1.82, 2.24) is 0 Å². The Morgan fingerprint density at radius 1 is 0.682 bits per heavy atom. The molecule has 18 nitrogen and oxygen atoms in total. The van der Waals surface area contributed by atoms with Crippen LogP contribution in [-0.2, 0) is 33.2 Å². The largest absolute Gasteiger partial charge is 0.396 e. The molecule has 3 saturated heterocycles. The lowest BCUT2D eigenvalue weighted by atomic mass is 9.32. The van der Waals surface area contributed by atoms with Gasteiger partial charge < -0.3 is 89.3 Å².